The van der Waals surface area contributed by atoms with Crippen molar-refractivity contribution in [2.45, 2.75) is 25.8 Å². The van der Waals surface area contributed by atoms with Gasteiger partial charge in [0.05, 0.1) is 25.0 Å². The van der Waals surface area contributed by atoms with Crippen molar-refractivity contribution in [1.29, 1.82) is 0 Å². The van der Waals surface area contributed by atoms with Crippen LogP contribution >= 0.6 is 11.3 Å². The maximum Gasteiger partial charge on any atom is 0.328 e. The number of hydrogen-bond donors (Lipinski definition) is 2. The lowest BCUT2D eigenvalue weighted by molar-refractivity contribution is -0.147. The predicted molar refractivity (Wildman–Crippen MR) is 111 cm³/mol. The van der Waals surface area contributed by atoms with Gasteiger partial charge in [0.1, 0.15) is 6.04 Å². The molecule has 30 heavy (non-hydrogen) atoms. The summed E-state index contributed by atoms with van der Waals surface area (Å²) in [4.78, 5) is 41.0. The van der Waals surface area contributed by atoms with Gasteiger partial charge in [0.25, 0.3) is 5.91 Å². The molecule has 2 N–H and O–H groups in total. The number of anilines is 1. The molecular weight excluding hydrogens is 406 g/mol. The molecule has 2 aromatic heterocycles. The largest absolute Gasteiger partial charge is 0.464 e. The maximum atomic E-state index is 12.5. The van der Waals surface area contributed by atoms with E-state index >= 15 is 0 Å². The second kappa shape index (κ2) is 10.4. The van der Waals surface area contributed by atoms with Gasteiger partial charge < -0.3 is 14.5 Å². The Hall–Kier alpha value is -3.46. The summed E-state index contributed by atoms with van der Waals surface area (Å²) in [6, 6.07) is 11.7. The number of amides is 2. The minimum atomic E-state index is -0.795. The highest BCUT2D eigenvalue weighted by molar-refractivity contribution is 7.14. The number of aromatic nitrogens is 1. The van der Waals surface area contributed by atoms with E-state index in [-0.39, 0.29) is 24.7 Å². The Morgan fingerprint density at radius 1 is 1.17 bits per heavy atom. The third-order valence-electron chi connectivity index (χ3n) is 4.05. The first-order chi connectivity index (χ1) is 14.5. The van der Waals surface area contributed by atoms with E-state index in [2.05, 4.69) is 15.6 Å². The van der Waals surface area contributed by atoms with E-state index in [0.717, 1.165) is 5.56 Å². The highest BCUT2D eigenvalue weighted by Crippen LogP contribution is 2.17. The van der Waals surface area contributed by atoms with Crippen molar-refractivity contribution < 1.29 is 23.5 Å². The summed E-state index contributed by atoms with van der Waals surface area (Å²) in [6.45, 7) is 1.94. The van der Waals surface area contributed by atoms with Crippen molar-refractivity contribution in [3.8, 4) is 0 Å². The average molecular weight is 427 g/mol. The van der Waals surface area contributed by atoms with Crippen molar-refractivity contribution in [3.63, 3.8) is 0 Å². The first-order valence-corrected chi connectivity index (χ1v) is 10.2. The number of ether oxygens (including phenoxy) is 1. The van der Waals surface area contributed by atoms with Crippen LogP contribution in [0.4, 0.5) is 5.13 Å². The Bertz CT molecular complexity index is 985. The van der Waals surface area contributed by atoms with Crippen LogP contribution < -0.4 is 10.6 Å². The zero-order valence-electron chi connectivity index (χ0n) is 16.3. The van der Waals surface area contributed by atoms with Gasteiger partial charge in [0.15, 0.2) is 10.9 Å². The van der Waals surface area contributed by atoms with E-state index in [1.54, 1.807) is 24.4 Å². The van der Waals surface area contributed by atoms with Gasteiger partial charge in [0.2, 0.25) is 5.91 Å². The summed E-state index contributed by atoms with van der Waals surface area (Å²) in [5.41, 5.74) is 1.39. The fourth-order valence-electron chi connectivity index (χ4n) is 2.71. The summed E-state index contributed by atoms with van der Waals surface area (Å²) in [7, 11) is 0. The van der Waals surface area contributed by atoms with Gasteiger partial charge in [-0.15, -0.1) is 11.3 Å². The zero-order chi connectivity index (χ0) is 21.3. The van der Waals surface area contributed by atoms with Crippen molar-refractivity contribution >= 4 is 34.3 Å². The number of nitrogens with zero attached hydrogens (tertiary/aromatic N) is 1. The number of carbonyl (C=O) groups is 3. The first kappa shape index (κ1) is 21.3. The molecular formula is C21H21N3O5S. The summed E-state index contributed by atoms with van der Waals surface area (Å²) in [5, 5.41) is 7.36. The normalized spacial score (nSPS) is 11.5. The van der Waals surface area contributed by atoms with Gasteiger partial charge in [-0.05, 0) is 24.6 Å². The van der Waals surface area contributed by atoms with Crippen molar-refractivity contribution in [1.82, 2.24) is 10.3 Å². The van der Waals surface area contributed by atoms with Gasteiger partial charge in [-0.1, -0.05) is 30.3 Å². The van der Waals surface area contributed by atoms with Crippen LogP contribution in [0.1, 0.15) is 28.7 Å². The molecule has 3 rings (SSSR count). The minimum Gasteiger partial charge on any atom is -0.464 e. The summed E-state index contributed by atoms with van der Waals surface area (Å²) < 4.78 is 10.1. The molecule has 156 valence electrons. The van der Waals surface area contributed by atoms with Crippen LogP contribution in [0.5, 0.6) is 0 Å². The van der Waals surface area contributed by atoms with Crippen LogP contribution in [-0.2, 0) is 27.2 Å². The number of esters is 1. The lowest BCUT2D eigenvalue weighted by Gasteiger charge is -2.17. The van der Waals surface area contributed by atoms with Crippen LogP contribution in [0.25, 0.3) is 0 Å². The molecule has 0 bridgehead atoms. The molecule has 1 atom stereocenters. The Labute approximate surface area is 177 Å². The fourth-order valence-corrected chi connectivity index (χ4v) is 3.41. The van der Waals surface area contributed by atoms with Crippen LogP contribution in [-0.4, -0.2) is 35.4 Å². The average Bonchev–Trinajstić information content (AvgIpc) is 3.41. The van der Waals surface area contributed by atoms with Gasteiger partial charge in [0, 0.05) is 11.8 Å². The number of benzene rings is 1. The Morgan fingerprint density at radius 3 is 2.67 bits per heavy atom. The third-order valence-corrected chi connectivity index (χ3v) is 4.85. The van der Waals surface area contributed by atoms with Crippen LogP contribution in [0.3, 0.4) is 0 Å². The van der Waals surface area contributed by atoms with Crippen molar-refractivity contribution in [3.05, 3.63) is 71.1 Å². The lowest BCUT2D eigenvalue weighted by atomic mass is 10.1. The molecule has 2 amide bonds. The molecule has 0 aliphatic rings. The number of nitrogens with one attached hydrogen (secondary N) is 2. The molecule has 2 heterocycles. The summed E-state index contributed by atoms with van der Waals surface area (Å²) in [5.74, 6) is -1.10. The molecule has 8 nitrogen and oxygen atoms in total. The predicted octanol–water partition coefficient (Wildman–Crippen LogP) is 2.82. The highest BCUT2D eigenvalue weighted by Gasteiger charge is 2.23. The van der Waals surface area contributed by atoms with E-state index < -0.39 is 17.9 Å². The number of thiazole rings is 1. The Kier molecular flexibility index (Phi) is 7.34. The van der Waals surface area contributed by atoms with Crippen LogP contribution in [0.15, 0.2) is 58.5 Å². The smallest absolute Gasteiger partial charge is 0.328 e. The number of hydrogen-bond acceptors (Lipinski definition) is 7. The van der Waals surface area contributed by atoms with Gasteiger partial charge in [-0.3, -0.25) is 14.9 Å². The van der Waals surface area contributed by atoms with Gasteiger partial charge >= 0.3 is 5.97 Å². The Morgan fingerprint density at radius 2 is 1.97 bits per heavy atom. The molecule has 0 radical (unpaired) electrons. The summed E-state index contributed by atoms with van der Waals surface area (Å²) >= 11 is 1.20. The highest BCUT2D eigenvalue weighted by atomic mass is 32.1. The molecule has 0 aliphatic heterocycles. The third kappa shape index (κ3) is 6.02. The summed E-state index contributed by atoms with van der Waals surface area (Å²) in [6.07, 6.45) is 1.70. The quantitative estimate of drug-likeness (QED) is 0.508. The molecule has 0 fully saturated rings. The Balaban J connectivity index is 1.59. The fraction of sp³-hybridized carbons (Fsp3) is 0.238. The lowest BCUT2D eigenvalue weighted by Crippen LogP contribution is -2.44. The van der Waals surface area contributed by atoms with Gasteiger partial charge in [-0.25, -0.2) is 9.78 Å². The standard InChI is InChI=1S/C21H21N3O5S/c1-2-28-20(27)16(11-14-7-4-3-5-8-14)23-18(25)12-15-13-30-21(22-15)24-19(26)17-9-6-10-29-17/h3-10,13,16H,2,11-12H2,1H3,(H,23,25)(H,22,24,26). The molecule has 0 aliphatic carbocycles. The molecule has 3 aromatic rings. The molecule has 1 aromatic carbocycles. The maximum absolute atomic E-state index is 12.5. The molecule has 0 saturated carbocycles. The number of carbonyl (C=O) groups excluding carboxylic acids is 3. The molecule has 9 heteroatoms. The van der Waals surface area contributed by atoms with E-state index in [0.29, 0.717) is 17.2 Å². The van der Waals surface area contributed by atoms with E-state index in [1.165, 1.54) is 17.6 Å². The minimum absolute atomic E-state index is 0.0299. The zero-order valence-corrected chi connectivity index (χ0v) is 17.1. The SMILES string of the molecule is CCOC(=O)C(Cc1ccccc1)NC(=O)Cc1csc(NC(=O)c2ccco2)n1. The van der Waals surface area contributed by atoms with E-state index in [9.17, 15) is 14.4 Å². The van der Waals surface area contributed by atoms with Crippen LogP contribution in [0, 0.1) is 0 Å². The molecule has 1 unspecified atom stereocenters. The van der Waals surface area contributed by atoms with E-state index in [1.807, 2.05) is 30.3 Å². The number of rotatable bonds is 9. The topological polar surface area (TPSA) is 111 Å². The number of furan rings is 1. The van der Waals surface area contributed by atoms with E-state index in [4.69, 9.17) is 9.15 Å². The second-order valence-corrected chi connectivity index (χ2v) is 7.17. The van der Waals surface area contributed by atoms with Gasteiger partial charge in [-0.2, -0.15) is 0 Å². The van der Waals surface area contributed by atoms with Crippen molar-refractivity contribution in [2.24, 2.45) is 0 Å². The molecule has 0 saturated heterocycles. The second-order valence-electron chi connectivity index (χ2n) is 6.31. The first-order valence-electron chi connectivity index (χ1n) is 9.34. The monoisotopic (exact) mass is 427 g/mol. The molecule has 0 spiro atoms. The van der Waals surface area contributed by atoms with Crippen LogP contribution in [0.2, 0.25) is 0 Å². The van der Waals surface area contributed by atoms with Crippen molar-refractivity contribution in [2.75, 3.05) is 11.9 Å².